The van der Waals surface area contributed by atoms with E-state index in [1.165, 1.54) is 6.20 Å². The number of hydrogen-bond acceptors (Lipinski definition) is 4. The van der Waals surface area contributed by atoms with Gasteiger partial charge in [0.05, 0.1) is 18.0 Å². The first-order chi connectivity index (χ1) is 8.16. The van der Waals surface area contributed by atoms with Crippen molar-refractivity contribution in [2.24, 2.45) is 7.05 Å². The highest BCUT2D eigenvalue weighted by Gasteiger charge is 2.17. The van der Waals surface area contributed by atoms with Crippen molar-refractivity contribution in [3.05, 3.63) is 6.20 Å². The zero-order valence-corrected chi connectivity index (χ0v) is 9.98. The molecule has 1 aromatic heterocycles. The highest BCUT2D eigenvalue weighted by molar-refractivity contribution is 5.92. The molecule has 1 fully saturated rings. The second kappa shape index (κ2) is 5.18. The number of aryl methyl sites for hydroxylation is 1. The van der Waals surface area contributed by atoms with Gasteiger partial charge in [-0.1, -0.05) is 0 Å². The van der Waals surface area contributed by atoms with Gasteiger partial charge in [0.1, 0.15) is 0 Å². The van der Waals surface area contributed by atoms with E-state index in [1.807, 2.05) is 0 Å². The van der Waals surface area contributed by atoms with E-state index in [9.17, 15) is 4.79 Å². The number of rotatable bonds is 4. The molecule has 94 valence electrons. The molecule has 1 saturated heterocycles. The third kappa shape index (κ3) is 2.97. The number of amides is 1. The molecule has 0 bridgehead atoms. The summed E-state index contributed by atoms with van der Waals surface area (Å²) in [6.07, 6.45) is 5.14. The molecule has 1 unspecified atom stereocenters. The second-order valence-corrected chi connectivity index (χ2v) is 4.29. The maximum absolute atomic E-state index is 11.7. The number of carbonyl (C=O) groups excluding carboxylic acids is 1. The molecule has 2 rings (SSSR count). The van der Waals surface area contributed by atoms with Gasteiger partial charge in [-0.25, -0.2) is 0 Å². The molecular formula is C11H18N4O2. The molecule has 3 N–H and O–H groups in total. The first kappa shape index (κ1) is 11.9. The van der Waals surface area contributed by atoms with Gasteiger partial charge in [0.25, 0.3) is 0 Å². The molecule has 0 saturated carbocycles. The lowest BCUT2D eigenvalue weighted by Crippen LogP contribution is -2.17. The Morgan fingerprint density at radius 1 is 1.76 bits per heavy atom. The van der Waals surface area contributed by atoms with Crippen LogP contribution in [0.2, 0.25) is 0 Å². The van der Waals surface area contributed by atoms with Gasteiger partial charge in [-0.15, -0.1) is 0 Å². The van der Waals surface area contributed by atoms with E-state index in [4.69, 9.17) is 10.5 Å². The molecule has 0 spiro atoms. The number of carbonyl (C=O) groups is 1. The standard InChI is InChI=1S/C11H18N4O2/c1-15-11(9(12)7-13-15)14-10(16)5-4-8-3-2-6-17-8/h7-8H,2-6,12H2,1H3,(H,14,16). The maximum Gasteiger partial charge on any atom is 0.225 e. The molecule has 0 aromatic carbocycles. The van der Waals surface area contributed by atoms with E-state index in [2.05, 4.69) is 10.4 Å². The van der Waals surface area contributed by atoms with Crippen LogP contribution in [0.5, 0.6) is 0 Å². The second-order valence-electron chi connectivity index (χ2n) is 4.29. The third-order valence-corrected chi connectivity index (χ3v) is 2.94. The van der Waals surface area contributed by atoms with Crippen LogP contribution in [-0.4, -0.2) is 28.4 Å². The predicted octanol–water partition coefficient (Wildman–Crippen LogP) is 0.900. The largest absolute Gasteiger partial charge is 0.394 e. The van der Waals surface area contributed by atoms with Crippen molar-refractivity contribution in [1.29, 1.82) is 0 Å². The van der Waals surface area contributed by atoms with E-state index in [0.29, 0.717) is 17.9 Å². The Labute approximate surface area is 100 Å². The maximum atomic E-state index is 11.7. The summed E-state index contributed by atoms with van der Waals surface area (Å²) in [4.78, 5) is 11.7. The topological polar surface area (TPSA) is 82.2 Å². The molecule has 6 nitrogen and oxygen atoms in total. The summed E-state index contributed by atoms with van der Waals surface area (Å²) in [5, 5.41) is 6.72. The van der Waals surface area contributed by atoms with Crippen LogP contribution in [0.15, 0.2) is 6.20 Å². The summed E-state index contributed by atoms with van der Waals surface area (Å²) in [5.41, 5.74) is 6.17. The van der Waals surface area contributed by atoms with Crippen LogP contribution >= 0.6 is 0 Å². The molecule has 1 aliphatic heterocycles. The molecule has 1 atom stereocenters. The van der Waals surface area contributed by atoms with Gasteiger partial charge in [0.2, 0.25) is 5.91 Å². The number of anilines is 2. The van der Waals surface area contributed by atoms with Crippen LogP contribution < -0.4 is 11.1 Å². The Morgan fingerprint density at radius 2 is 2.59 bits per heavy atom. The van der Waals surface area contributed by atoms with Gasteiger partial charge in [-0.05, 0) is 19.3 Å². The fourth-order valence-electron chi connectivity index (χ4n) is 1.97. The van der Waals surface area contributed by atoms with Gasteiger partial charge < -0.3 is 15.8 Å². The van der Waals surface area contributed by atoms with Crippen molar-refractivity contribution in [2.75, 3.05) is 17.7 Å². The number of aromatic nitrogens is 2. The van der Waals surface area contributed by atoms with Crippen molar-refractivity contribution in [3.8, 4) is 0 Å². The third-order valence-electron chi connectivity index (χ3n) is 2.94. The van der Waals surface area contributed by atoms with Gasteiger partial charge in [-0.3, -0.25) is 9.48 Å². The Hall–Kier alpha value is -1.56. The Bertz CT molecular complexity index is 377. The fourth-order valence-corrected chi connectivity index (χ4v) is 1.97. The number of nitrogen functional groups attached to an aromatic ring is 1. The molecule has 1 aromatic rings. The summed E-state index contributed by atoms with van der Waals surface area (Å²) in [7, 11) is 1.74. The molecule has 17 heavy (non-hydrogen) atoms. The van der Waals surface area contributed by atoms with E-state index in [1.54, 1.807) is 11.7 Å². The summed E-state index contributed by atoms with van der Waals surface area (Å²) in [6, 6.07) is 0. The molecule has 0 radical (unpaired) electrons. The van der Waals surface area contributed by atoms with Crippen LogP contribution in [0.25, 0.3) is 0 Å². The monoisotopic (exact) mass is 238 g/mol. The summed E-state index contributed by atoms with van der Waals surface area (Å²) < 4.78 is 7.02. The highest BCUT2D eigenvalue weighted by Crippen LogP contribution is 2.19. The van der Waals surface area contributed by atoms with E-state index >= 15 is 0 Å². The number of nitrogens with zero attached hydrogens (tertiary/aromatic N) is 2. The van der Waals surface area contributed by atoms with Gasteiger partial charge in [-0.2, -0.15) is 5.10 Å². The molecule has 1 amide bonds. The molecule has 6 heteroatoms. The lowest BCUT2D eigenvalue weighted by Gasteiger charge is -2.09. The smallest absolute Gasteiger partial charge is 0.225 e. The van der Waals surface area contributed by atoms with Crippen LogP contribution in [0.4, 0.5) is 11.5 Å². The van der Waals surface area contributed by atoms with Crippen molar-refractivity contribution in [1.82, 2.24) is 9.78 Å². The number of ether oxygens (including phenoxy) is 1. The van der Waals surface area contributed by atoms with Crippen LogP contribution in [0.1, 0.15) is 25.7 Å². The minimum atomic E-state index is -0.0456. The zero-order valence-electron chi connectivity index (χ0n) is 9.98. The quantitative estimate of drug-likeness (QED) is 0.816. The van der Waals surface area contributed by atoms with Gasteiger partial charge in [0, 0.05) is 20.1 Å². The van der Waals surface area contributed by atoms with Crippen molar-refractivity contribution in [2.45, 2.75) is 31.8 Å². The van der Waals surface area contributed by atoms with Crippen molar-refractivity contribution in [3.63, 3.8) is 0 Å². The number of hydrogen-bond donors (Lipinski definition) is 2. The van der Waals surface area contributed by atoms with E-state index < -0.39 is 0 Å². The lowest BCUT2D eigenvalue weighted by molar-refractivity contribution is -0.116. The van der Waals surface area contributed by atoms with E-state index in [0.717, 1.165) is 25.9 Å². The Morgan fingerprint density at radius 3 is 3.18 bits per heavy atom. The summed E-state index contributed by atoms with van der Waals surface area (Å²) in [6.45, 7) is 0.820. The van der Waals surface area contributed by atoms with Crippen LogP contribution in [-0.2, 0) is 16.6 Å². The summed E-state index contributed by atoms with van der Waals surface area (Å²) >= 11 is 0. The first-order valence-electron chi connectivity index (χ1n) is 5.85. The fraction of sp³-hybridized carbons (Fsp3) is 0.636. The van der Waals surface area contributed by atoms with E-state index in [-0.39, 0.29) is 12.0 Å². The zero-order chi connectivity index (χ0) is 12.3. The summed E-state index contributed by atoms with van der Waals surface area (Å²) in [5.74, 6) is 0.512. The normalized spacial score (nSPS) is 19.5. The minimum absolute atomic E-state index is 0.0456. The first-order valence-corrected chi connectivity index (χ1v) is 5.85. The molecule has 1 aliphatic rings. The lowest BCUT2D eigenvalue weighted by atomic mass is 10.1. The van der Waals surface area contributed by atoms with Crippen molar-refractivity contribution < 1.29 is 9.53 Å². The Kier molecular flexibility index (Phi) is 3.63. The average Bonchev–Trinajstić information content (AvgIpc) is 2.91. The average molecular weight is 238 g/mol. The molecular weight excluding hydrogens is 220 g/mol. The van der Waals surface area contributed by atoms with Gasteiger partial charge >= 0.3 is 0 Å². The highest BCUT2D eigenvalue weighted by atomic mass is 16.5. The van der Waals surface area contributed by atoms with Crippen LogP contribution in [0, 0.1) is 0 Å². The number of nitrogens with one attached hydrogen (secondary N) is 1. The molecule has 2 heterocycles. The number of nitrogens with two attached hydrogens (primary N) is 1. The molecule has 0 aliphatic carbocycles. The van der Waals surface area contributed by atoms with Gasteiger partial charge in [0.15, 0.2) is 5.82 Å². The van der Waals surface area contributed by atoms with Crippen molar-refractivity contribution >= 4 is 17.4 Å². The predicted molar refractivity (Wildman–Crippen MR) is 64.5 cm³/mol. The minimum Gasteiger partial charge on any atom is -0.394 e. The van der Waals surface area contributed by atoms with Crippen LogP contribution in [0.3, 0.4) is 0 Å². The SMILES string of the molecule is Cn1ncc(N)c1NC(=O)CCC1CCCO1. The Balaban J connectivity index is 1.80.